The normalized spacial score (nSPS) is 16.9. The lowest BCUT2D eigenvalue weighted by Gasteiger charge is -2.36. The summed E-state index contributed by atoms with van der Waals surface area (Å²) in [6.07, 6.45) is 1.28. The predicted octanol–water partition coefficient (Wildman–Crippen LogP) is 2.97. The molecule has 158 valence electrons. The van der Waals surface area contributed by atoms with Crippen LogP contribution >= 0.6 is 0 Å². The zero-order chi connectivity index (χ0) is 21.1. The molecule has 1 amide bonds. The first kappa shape index (κ1) is 20.3. The van der Waals surface area contributed by atoms with E-state index in [2.05, 4.69) is 9.80 Å². The van der Waals surface area contributed by atoms with Crippen molar-refractivity contribution in [2.45, 2.75) is 12.8 Å². The molecular weight excluding hydrogens is 385 g/mol. The number of anilines is 2. The van der Waals surface area contributed by atoms with Crippen LogP contribution in [0.4, 0.5) is 15.8 Å². The summed E-state index contributed by atoms with van der Waals surface area (Å²) >= 11 is 0. The number of Topliss-reactive ketones (excluding diaryl/α,β-unsaturated/α-hetero) is 1. The second-order valence-electron chi connectivity index (χ2n) is 7.76. The van der Waals surface area contributed by atoms with Crippen LogP contribution in [0.25, 0.3) is 0 Å². The third kappa shape index (κ3) is 4.46. The Morgan fingerprint density at radius 1 is 1.07 bits per heavy atom. The number of ketones is 1. The van der Waals surface area contributed by atoms with Gasteiger partial charge in [-0.25, -0.2) is 4.39 Å². The molecule has 2 aliphatic rings. The maximum atomic E-state index is 13.1. The van der Waals surface area contributed by atoms with Gasteiger partial charge in [-0.05, 0) is 55.4 Å². The van der Waals surface area contributed by atoms with Gasteiger partial charge in [0.2, 0.25) is 0 Å². The highest BCUT2D eigenvalue weighted by Crippen LogP contribution is 2.32. The standard InChI is InChI=1S/C23H26FN3O3/c1-25-20-9-4-17(15-22(20)30-16-23(25)29)21(28)3-2-10-26-11-13-27(14-12-26)19-7-5-18(24)6-8-19/h4-9,15H,2-3,10-14,16H2,1H3. The highest BCUT2D eigenvalue weighted by molar-refractivity contribution is 6.00. The minimum absolute atomic E-state index is 0.00500. The second kappa shape index (κ2) is 8.83. The highest BCUT2D eigenvalue weighted by atomic mass is 19.1. The van der Waals surface area contributed by atoms with E-state index >= 15 is 0 Å². The molecule has 0 bridgehead atoms. The fourth-order valence-electron chi connectivity index (χ4n) is 3.94. The molecule has 0 saturated carbocycles. The van der Waals surface area contributed by atoms with E-state index in [1.54, 1.807) is 30.1 Å². The molecule has 2 aliphatic heterocycles. The van der Waals surface area contributed by atoms with Gasteiger partial charge < -0.3 is 14.5 Å². The van der Waals surface area contributed by atoms with Gasteiger partial charge in [-0.1, -0.05) is 0 Å². The van der Waals surface area contributed by atoms with E-state index in [1.165, 1.54) is 12.1 Å². The second-order valence-corrected chi connectivity index (χ2v) is 7.76. The number of ether oxygens (including phenoxy) is 1. The summed E-state index contributed by atoms with van der Waals surface area (Å²) in [5.74, 6) is 0.361. The molecule has 1 fully saturated rings. The first-order valence-electron chi connectivity index (χ1n) is 10.3. The van der Waals surface area contributed by atoms with Gasteiger partial charge in [0.1, 0.15) is 11.6 Å². The van der Waals surface area contributed by atoms with Crippen molar-refractivity contribution < 1.29 is 18.7 Å². The Kier molecular flexibility index (Phi) is 5.99. The molecule has 0 atom stereocenters. The lowest BCUT2D eigenvalue weighted by atomic mass is 10.0. The van der Waals surface area contributed by atoms with Gasteiger partial charge in [-0.15, -0.1) is 0 Å². The van der Waals surface area contributed by atoms with Crippen LogP contribution < -0.4 is 14.5 Å². The first-order chi connectivity index (χ1) is 14.5. The summed E-state index contributed by atoms with van der Waals surface area (Å²) in [5.41, 5.74) is 2.37. The molecule has 7 heteroatoms. The summed E-state index contributed by atoms with van der Waals surface area (Å²) in [7, 11) is 1.71. The largest absolute Gasteiger partial charge is 0.482 e. The Balaban J connectivity index is 1.24. The van der Waals surface area contributed by atoms with Crippen molar-refractivity contribution in [3.05, 3.63) is 53.8 Å². The topological polar surface area (TPSA) is 53.1 Å². The van der Waals surface area contributed by atoms with Crippen molar-refractivity contribution in [3.8, 4) is 5.75 Å². The minimum atomic E-state index is -0.215. The Labute approximate surface area is 175 Å². The number of rotatable bonds is 6. The Bertz CT molecular complexity index is 924. The monoisotopic (exact) mass is 411 g/mol. The SMILES string of the molecule is CN1C(=O)COc2cc(C(=O)CCCN3CCN(c4ccc(F)cc4)CC3)ccc21. The third-order valence-electron chi connectivity index (χ3n) is 5.81. The van der Waals surface area contributed by atoms with Gasteiger partial charge in [-0.3, -0.25) is 14.5 Å². The molecule has 0 aromatic heterocycles. The van der Waals surface area contributed by atoms with E-state index in [-0.39, 0.29) is 24.1 Å². The average Bonchev–Trinajstić information content (AvgIpc) is 2.77. The first-order valence-corrected chi connectivity index (χ1v) is 10.3. The van der Waals surface area contributed by atoms with Crippen LogP contribution in [0.15, 0.2) is 42.5 Å². The number of carbonyl (C=O) groups excluding carboxylic acids is 2. The number of piperazine rings is 1. The van der Waals surface area contributed by atoms with E-state index in [4.69, 9.17) is 4.74 Å². The molecule has 2 heterocycles. The zero-order valence-corrected chi connectivity index (χ0v) is 17.1. The van der Waals surface area contributed by atoms with Crippen LogP contribution in [0.3, 0.4) is 0 Å². The molecule has 6 nitrogen and oxygen atoms in total. The van der Waals surface area contributed by atoms with E-state index in [9.17, 15) is 14.0 Å². The number of nitrogens with zero attached hydrogens (tertiary/aromatic N) is 3. The molecule has 30 heavy (non-hydrogen) atoms. The summed E-state index contributed by atoms with van der Waals surface area (Å²) in [6.45, 7) is 4.53. The molecule has 2 aromatic carbocycles. The number of carbonyl (C=O) groups is 2. The van der Waals surface area contributed by atoms with E-state index in [0.717, 1.165) is 44.8 Å². The van der Waals surface area contributed by atoms with Gasteiger partial charge in [0.25, 0.3) is 5.91 Å². The molecule has 0 spiro atoms. The molecular formula is C23H26FN3O3. The minimum Gasteiger partial charge on any atom is -0.482 e. The Morgan fingerprint density at radius 3 is 2.53 bits per heavy atom. The molecule has 2 aromatic rings. The van der Waals surface area contributed by atoms with Crippen molar-refractivity contribution in [1.82, 2.24) is 4.90 Å². The maximum Gasteiger partial charge on any atom is 0.264 e. The molecule has 0 aliphatic carbocycles. The van der Waals surface area contributed by atoms with Crippen LogP contribution in [0, 0.1) is 5.82 Å². The number of hydrogen-bond acceptors (Lipinski definition) is 5. The molecule has 1 saturated heterocycles. The highest BCUT2D eigenvalue weighted by Gasteiger charge is 2.23. The van der Waals surface area contributed by atoms with Crippen molar-refractivity contribution >= 4 is 23.1 Å². The van der Waals surface area contributed by atoms with E-state index in [0.29, 0.717) is 23.4 Å². The fraction of sp³-hybridized carbons (Fsp3) is 0.391. The lowest BCUT2D eigenvalue weighted by Crippen LogP contribution is -2.46. The van der Waals surface area contributed by atoms with E-state index < -0.39 is 0 Å². The van der Waals surface area contributed by atoms with E-state index in [1.807, 2.05) is 12.1 Å². The summed E-state index contributed by atoms with van der Waals surface area (Å²) in [6, 6.07) is 11.9. The van der Waals surface area contributed by atoms with Gasteiger partial charge in [0.15, 0.2) is 12.4 Å². The number of fused-ring (bicyclic) bond motifs is 1. The van der Waals surface area contributed by atoms with Gasteiger partial charge in [0.05, 0.1) is 5.69 Å². The molecule has 4 rings (SSSR count). The van der Waals surface area contributed by atoms with Crippen LogP contribution in [-0.2, 0) is 4.79 Å². The average molecular weight is 411 g/mol. The maximum absolute atomic E-state index is 13.1. The number of halogens is 1. The summed E-state index contributed by atoms with van der Waals surface area (Å²) < 4.78 is 18.6. The van der Waals surface area contributed by atoms with Crippen LogP contribution in [0.1, 0.15) is 23.2 Å². The lowest BCUT2D eigenvalue weighted by molar-refractivity contribution is -0.120. The molecule has 0 radical (unpaired) electrons. The Hall–Kier alpha value is -2.93. The van der Waals surface area contributed by atoms with Gasteiger partial charge in [-0.2, -0.15) is 0 Å². The van der Waals surface area contributed by atoms with Crippen molar-refractivity contribution in [1.29, 1.82) is 0 Å². The number of benzene rings is 2. The number of hydrogen-bond donors (Lipinski definition) is 0. The quantitative estimate of drug-likeness (QED) is 0.684. The van der Waals surface area contributed by atoms with Crippen LogP contribution in [0.5, 0.6) is 5.75 Å². The summed E-state index contributed by atoms with van der Waals surface area (Å²) in [4.78, 5) is 30.5. The fourth-order valence-corrected chi connectivity index (χ4v) is 3.94. The molecule has 0 N–H and O–H groups in total. The number of amides is 1. The third-order valence-corrected chi connectivity index (χ3v) is 5.81. The summed E-state index contributed by atoms with van der Waals surface area (Å²) in [5, 5.41) is 0. The van der Waals surface area contributed by atoms with Crippen LogP contribution in [-0.4, -0.2) is 63.0 Å². The van der Waals surface area contributed by atoms with Crippen molar-refractivity contribution in [2.75, 3.05) is 56.2 Å². The predicted molar refractivity (Wildman–Crippen MR) is 114 cm³/mol. The smallest absolute Gasteiger partial charge is 0.264 e. The van der Waals surface area contributed by atoms with Crippen LogP contribution in [0.2, 0.25) is 0 Å². The zero-order valence-electron chi connectivity index (χ0n) is 17.1. The molecule has 0 unspecified atom stereocenters. The van der Waals surface area contributed by atoms with Crippen molar-refractivity contribution in [3.63, 3.8) is 0 Å². The van der Waals surface area contributed by atoms with Gasteiger partial charge in [0, 0.05) is 50.9 Å². The van der Waals surface area contributed by atoms with Crippen molar-refractivity contribution in [2.24, 2.45) is 0 Å². The Morgan fingerprint density at radius 2 is 1.80 bits per heavy atom. The van der Waals surface area contributed by atoms with Gasteiger partial charge >= 0.3 is 0 Å². The number of likely N-dealkylation sites (N-methyl/N-ethyl adjacent to an activating group) is 1.